The highest BCUT2D eigenvalue weighted by Crippen LogP contribution is 2.26. The second kappa shape index (κ2) is 6.24. The number of rotatable bonds is 3. The fourth-order valence-corrected chi connectivity index (χ4v) is 4.57. The van der Waals surface area contributed by atoms with E-state index in [1.165, 1.54) is 0 Å². The molecule has 0 aliphatic carbocycles. The fraction of sp³-hybridized carbons (Fsp3) is 0.600. The Morgan fingerprint density at radius 3 is 2.25 bits per heavy atom. The van der Waals surface area contributed by atoms with E-state index >= 15 is 0 Å². The van der Waals surface area contributed by atoms with Crippen LogP contribution in [-0.4, -0.2) is 25.8 Å². The van der Waals surface area contributed by atoms with Gasteiger partial charge < -0.3 is 5.73 Å². The van der Waals surface area contributed by atoms with E-state index in [4.69, 9.17) is 5.73 Å². The first kappa shape index (κ1) is 15.5. The van der Waals surface area contributed by atoms with Crippen LogP contribution in [-0.2, 0) is 16.6 Å². The Labute approximate surface area is 122 Å². The van der Waals surface area contributed by atoms with Gasteiger partial charge in [-0.05, 0) is 49.4 Å². The third-order valence-corrected chi connectivity index (χ3v) is 6.12. The van der Waals surface area contributed by atoms with E-state index in [1.807, 2.05) is 19.9 Å². The molecule has 1 saturated heterocycles. The molecule has 1 fully saturated rings. The van der Waals surface area contributed by atoms with Gasteiger partial charge in [0.05, 0.1) is 4.90 Å². The van der Waals surface area contributed by atoms with Gasteiger partial charge in [0.1, 0.15) is 0 Å². The van der Waals surface area contributed by atoms with E-state index < -0.39 is 10.0 Å². The summed E-state index contributed by atoms with van der Waals surface area (Å²) >= 11 is 0. The monoisotopic (exact) mass is 296 g/mol. The van der Waals surface area contributed by atoms with E-state index in [0.717, 1.165) is 42.4 Å². The third kappa shape index (κ3) is 3.05. The molecule has 5 heteroatoms. The highest BCUT2D eigenvalue weighted by atomic mass is 32.2. The summed E-state index contributed by atoms with van der Waals surface area (Å²) in [7, 11) is -3.39. The van der Waals surface area contributed by atoms with Crippen molar-refractivity contribution < 1.29 is 8.42 Å². The molecule has 0 aromatic heterocycles. The van der Waals surface area contributed by atoms with Crippen LogP contribution in [0, 0.1) is 13.8 Å². The number of nitrogens with two attached hydrogens (primary N) is 1. The van der Waals surface area contributed by atoms with Crippen LogP contribution in [0.2, 0.25) is 0 Å². The van der Waals surface area contributed by atoms with Gasteiger partial charge >= 0.3 is 0 Å². The summed E-state index contributed by atoms with van der Waals surface area (Å²) in [6.45, 7) is 5.45. The van der Waals surface area contributed by atoms with Crippen molar-refractivity contribution in [3.8, 4) is 0 Å². The van der Waals surface area contributed by atoms with Crippen molar-refractivity contribution >= 4 is 10.0 Å². The van der Waals surface area contributed by atoms with Crippen molar-refractivity contribution in [1.82, 2.24) is 4.31 Å². The van der Waals surface area contributed by atoms with Crippen LogP contribution in [0.5, 0.6) is 0 Å². The molecule has 0 saturated carbocycles. The molecule has 112 valence electrons. The molecular formula is C15H24N2O2S. The van der Waals surface area contributed by atoms with Crippen molar-refractivity contribution in [2.75, 3.05) is 13.1 Å². The normalized spacial score (nSPS) is 17.9. The summed E-state index contributed by atoms with van der Waals surface area (Å²) < 4.78 is 27.4. The molecule has 1 aliphatic rings. The van der Waals surface area contributed by atoms with Crippen molar-refractivity contribution in [2.45, 2.75) is 51.0 Å². The second-order valence-corrected chi connectivity index (χ2v) is 7.46. The summed E-state index contributed by atoms with van der Waals surface area (Å²) in [5.74, 6) is 0. The van der Waals surface area contributed by atoms with Gasteiger partial charge in [0, 0.05) is 19.6 Å². The maximum absolute atomic E-state index is 12.9. The minimum absolute atomic E-state index is 0.365. The number of hydrogen-bond acceptors (Lipinski definition) is 3. The van der Waals surface area contributed by atoms with Crippen molar-refractivity contribution in [1.29, 1.82) is 0 Å². The van der Waals surface area contributed by atoms with E-state index in [0.29, 0.717) is 24.5 Å². The van der Waals surface area contributed by atoms with Crippen molar-refractivity contribution in [3.05, 3.63) is 28.8 Å². The van der Waals surface area contributed by atoms with E-state index in [9.17, 15) is 8.42 Å². The highest BCUT2D eigenvalue weighted by molar-refractivity contribution is 7.89. The van der Waals surface area contributed by atoms with Crippen molar-refractivity contribution in [3.63, 3.8) is 0 Å². The Kier molecular flexibility index (Phi) is 4.83. The largest absolute Gasteiger partial charge is 0.326 e. The van der Waals surface area contributed by atoms with Gasteiger partial charge in [-0.2, -0.15) is 4.31 Å². The molecule has 2 rings (SSSR count). The average molecular weight is 296 g/mol. The number of hydrogen-bond donors (Lipinski definition) is 1. The molecule has 4 nitrogen and oxygen atoms in total. The molecule has 0 atom stereocenters. The molecule has 1 aromatic rings. The minimum atomic E-state index is -3.39. The van der Waals surface area contributed by atoms with Crippen LogP contribution < -0.4 is 5.73 Å². The molecule has 0 unspecified atom stereocenters. The molecule has 2 N–H and O–H groups in total. The molecule has 0 spiro atoms. The van der Waals surface area contributed by atoms with E-state index in [-0.39, 0.29) is 0 Å². The molecule has 0 bridgehead atoms. The smallest absolute Gasteiger partial charge is 0.243 e. The van der Waals surface area contributed by atoms with E-state index in [2.05, 4.69) is 0 Å². The maximum Gasteiger partial charge on any atom is 0.243 e. The number of nitrogens with zero attached hydrogens (tertiary/aromatic N) is 1. The lowest BCUT2D eigenvalue weighted by atomic mass is 10.1. The predicted molar refractivity (Wildman–Crippen MR) is 81.0 cm³/mol. The van der Waals surface area contributed by atoms with Crippen molar-refractivity contribution in [2.24, 2.45) is 5.73 Å². The maximum atomic E-state index is 12.9. The highest BCUT2D eigenvalue weighted by Gasteiger charge is 2.27. The van der Waals surface area contributed by atoms with Crippen LogP contribution in [0.1, 0.15) is 42.4 Å². The first-order valence-electron chi connectivity index (χ1n) is 7.27. The van der Waals surface area contributed by atoms with Crippen LogP contribution in [0.3, 0.4) is 0 Å². The minimum Gasteiger partial charge on any atom is -0.326 e. The lowest BCUT2D eigenvalue weighted by Crippen LogP contribution is -2.32. The Morgan fingerprint density at radius 2 is 1.70 bits per heavy atom. The molecule has 0 radical (unpaired) electrons. The summed E-state index contributed by atoms with van der Waals surface area (Å²) in [5.41, 5.74) is 8.38. The third-order valence-electron chi connectivity index (χ3n) is 4.10. The Morgan fingerprint density at radius 1 is 1.10 bits per heavy atom. The molecule has 0 amide bonds. The zero-order valence-electron chi connectivity index (χ0n) is 12.4. The summed E-state index contributed by atoms with van der Waals surface area (Å²) in [6, 6.07) is 3.71. The molecule has 20 heavy (non-hydrogen) atoms. The number of benzene rings is 1. The second-order valence-electron chi connectivity index (χ2n) is 5.56. The summed E-state index contributed by atoms with van der Waals surface area (Å²) in [4.78, 5) is 0.430. The predicted octanol–water partition coefficient (Wildman–Crippen LogP) is 2.33. The van der Waals surface area contributed by atoms with Crippen LogP contribution in [0.15, 0.2) is 17.0 Å². The fourth-order valence-electron chi connectivity index (χ4n) is 2.71. The Bertz CT molecular complexity index is 574. The lowest BCUT2D eigenvalue weighted by Gasteiger charge is -2.22. The van der Waals surface area contributed by atoms with Crippen LogP contribution in [0.25, 0.3) is 0 Å². The van der Waals surface area contributed by atoms with Gasteiger partial charge in [-0.3, -0.25) is 0 Å². The molecule has 1 aromatic carbocycles. The van der Waals surface area contributed by atoms with Gasteiger partial charge in [0.2, 0.25) is 10.0 Å². The zero-order valence-corrected chi connectivity index (χ0v) is 13.2. The average Bonchev–Trinajstić information content (AvgIpc) is 2.70. The number of aryl methyl sites for hydroxylation is 1. The standard InChI is InChI=1S/C15H24N2O2S/c1-12-9-14(11-16)10-15(13(12)2)20(18,19)17-7-5-3-4-6-8-17/h9-10H,3-8,11,16H2,1-2H3. The lowest BCUT2D eigenvalue weighted by molar-refractivity contribution is 0.423. The zero-order chi connectivity index (χ0) is 14.8. The van der Waals surface area contributed by atoms with Crippen LogP contribution in [0.4, 0.5) is 0 Å². The topological polar surface area (TPSA) is 63.4 Å². The SMILES string of the molecule is Cc1cc(CN)cc(S(=O)(=O)N2CCCCCC2)c1C. The first-order chi connectivity index (χ1) is 9.46. The van der Waals surface area contributed by atoms with Gasteiger partial charge in [-0.15, -0.1) is 0 Å². The molecule has 1 aliphatic heterocycles. The summed E-state index contributed by atoms with van der Waals surface area (Å²) in [5, 5.41) is 0. The van der Waals surface area contributed by atoms with Gasteiger partial charge in [-0.25, -0.2) is 8.42 Å². The van der Waals surface area contributed by atoms with Gasteiger partial charge in [0.15, 0.2) is 0 Å². The van der Waals surface area contributed by atoms with Crippen LogP contribution >= 0.6 is 0 Å². The van der Waals surface area contributed by atoms with E-state index in [1.54, 1.807) is 10.4 Å². The quantitative estimate of drug-likeness (QED) is 0.931. The molecular weight excluding hydrogens is 272 g/mol. The molecule has 1 heterocycles. The first-order valence-corrected chi connectivity index (χ1v) is 8.71. The number of sulfonamides is 1. The van der Waals surface area contributed by atoms with Gasteiger partial charge in [-0.1, -0.05) is 18.9 Å². The Balaban J connectivity index is 2.45. The van der Waals surface area contributed by atoms with Gasteiger partial charge in [0.25, 0.3) is 0 Å². The Hall–Kier alpha value is -0.910. The summed E-state index contributed by atoms with van der Waals surface area (Å²) in [6.07, 6.45) is 4.14.